The van der Waals surface area contributed by atoms with Gasteiger partial charge in [-0.3, -0.25) is 4.79 Å². The third kappa shape index (κ3) is 3.62. The molecule has 0 spiro atoms. The van der Waals surface area contributed by atoms with Gasteiger partial charge in [0.1, 0.15) is 12.2 Å². The average Bonchev–Trinajstić information content (AvgIpc) is 2.95. The average molecular weight is 295 g/mol. The van der Waals surface area contributed by atoms with Crippen LogP contribution in [0.15, 0.2) is 18.3 Å². The third-order valence-corrected chi connectivity index (χ3v) is 3.64. The molecule has 2 rings (SSSR count). The van der Waals surface area contributed by atoms with Gasteiger partial charge in [-0.25, -0.2) is 4.79 Å². The van der Waals surface area contributed by atoms with E-state index in [2.05, 4.69) is 0 Å². The Bertz CT molecular complexity index is 526. The summed E-state index contributed by atoms with van der Waals surface area (Å²) in [6, 6.07) is 3.03. The molecular weight excluding hydrogens is 274 g/mol. The number of aromatic nitrogens is 1. The number of carbonyl (C=O) groups excluding carboxylic acids is 1. The number of carbonyl (C=O) groups is 2. The molecule has 0 saturated carbocycles. The SMILES string of the molecule is CN(C)CC1CC(O)CN1C(=O)Cn1cccc1C(=O)O. The number of amides is 1. The summed E-state index contributed by atoms with van der Waals surface area (Å²) in [5.74, 6) is -1.23. The van der Waals surface area contributed by atoms with Gasteiger partial charge in [0.05, 0.1) is 6.10 Å². The Kier molecular flexibility index (Phi) is 4.64. The molecule has 1 aromatic heterocycles. The zero-order valence-electron chi connectivity index (χ0n) is 12.3. The Hall–Kier alpha value is -1.86. The van der Waals surface area contributed by atoms with Crippen molar-refractivity contribution in [1.29, 1.82) is 0 Å². The third-order valence-electron chi connectivity index (χ3n) is 3.64. The number of aliphatic hydroxyl groups excluding tert-OH is 1. The van der Waals surface area contributed by atoms with Crippen LogP contribution in [-0.2, 0) is 11.3 Å². The van der Waals surface area contributed by atoms with E-state index in [1.165, 1.54) is 10.6 Å². The van der Waals surface area contributed by atoms with Crippen LogP contribution in [0.3, 0.4) is 0 Å². The van der Waals surface area contributed by atoms with Gasteiger partial charge in [0.25, 0.3) is 0 Å². The number of hydrogen-bond donors (Lipinski definition) is 2. The zero-order valence-corrected chi connectivity index (χ0v) is 12.3. The Balaban J connectivity index is 2.08. The van der Waals surface area contributed by atoms with E-state index in [1.54, 1.807) is 17.2 Å². The molecule has 1 saturated heterocycles. The van der Waals surface area contributed by atoms with Gasteiger partial charge in [-0.1, -0.05) is 0 Å². The van der Waals surface area contributed by atoms with Crippen LogP contribution < -0.4 is 0 Å². The topological polar surface area (TPSA) is 86.0 Å². The second kappa shape index (κ2) is 6.28. The maximum Gasteiger partial charge on any atom is 0.352 e. The fourth-order valence-electron chi connectivity index (χ4n) is 2.77. The Morgan fingerprint density at radius 3 is 2.76 bits per heavy atom. The predicted octanol–water partition coefficient (Wildman–Crippen LogP) is -0.290. The van der Waals surface area contributed by atoms with Crippen molar-refractivity contribution < 1.29 is 19.8 Å². The lowest BCUT2D eigenvalue weighted by Gasteiger charge is -2.27. The molecule has 2 atom stereocenters. The molecule has 0 aliphatic carbocycles. The van der Waals surface area contributed by atoms with Crippen LogP contribution >= 0.6 is 0 Å². The minimum atomic E-state index is -1.06. The summed E-state index contributed by atoms with van der Waals surface area (Å²) in [5, 5.41) is 18.8. The lowest BCUT2D eigenvalue weighted by molar-refractivity contribution is -0.133. The molecule has 1 amide bonds. The second-order valence-electron chi connectivity index (χ2n) is 5.68. The first kappa shape index (κ1) is 15.5. The zero-order chi connectivity index (χ0) is 15.6. The number of rotatable bonds is 5. The van der Waals surface area contributed by atoms with Crippen LogP contribution in [0.1, 0.15) is 16.9 Å². The van der Waals surface area contributed by atoms with Crippen molar-refractivity contribution >= 4 is 11.9 Å². The van der Waals surface area contributed by atoms with Crippen molar-refractivity contribution in [2.45, 2.75) is 25.1 Å². The summed E-state index contributed by atoms with van der Waals surface area (Å²) >= 11 is 0. The lowest BCUT2D eigenvalue weighted by Crippen LogP contribution is -2.43. The smallest absolute Gasteiger partial charge is 0.352 e. The monoisotopic (exact) mass is 295 g/mol. The molecule has 2 unspecified atom stereocenters. The molecule has 0 radical (unpaired) electrons. The number of likely N-dealkylation sites (N-methyl/N-ethyl adjacent to an activating group) is 1. The van der Waals surface area contributed by atoms with Crippen LogP contribution in [0.25, 0.3) is 0 Å². The highest BCUT2D eigenvalue weighted by Crippen LogP contribution is 2.19. The normalized spacial score (nSPS) is 22.0. The quantitative estimate of drug-likeness (QED) is 0.779. The number of aromatic carboxylic acids is 1. The highest BCUT2D eigenvalue weighted by molar-refractivity contribution is 5.87. The molecule has 7 heteroatoms. The van der Waals surface area contributed by atoms with Crippen molar-refractivity contribution in [3.63, 3.8) is 0 Å². The first-order chi connectivity index (χ1) is 9.88. The number of likely N-dealkylation sites (tertiary alicyclic amines) is 1. The van der Waals surface area contributed by atoms with E-state index in [0.29, 0.717) is 19.5 Å². The minimum absolute atomic E-state index is 0.0225. The number of carboxylic acids is 1. The first-order valence-corrected chi connectivity index (χ1v) is 6.89. The van der Waals surface area contributed by atoms with Gasteiger partial charge in [0.15, 0.2) is 0 Å². The molecule has 1 fully saturated rings. The molecular formula is C14H21N3O4. The lowest BCUT2D eigenvalue weighted by atomic mass is 10.2. The van der Waals surface area contributed by atoms with E-state index >= 15 is 0 Å². The van der Waals surface area contributed by atoms with Crippen molar-refractivity contribution in [2.24, 2.45) is 0 Å². The molecule has 2 N–H and O–H groups in total. The number of β-amino-alcohol motifs (C(OH)–C–C–N with tert-alkyl or cyclic N) is 1. The van der Waals surface area contributed by atoms with Gasteiger partial charge in [0, 0.05) is 25.3 Å². The van der Waals surface area contributed by atoms with Gasteiger partial charge >= 0.3 is 5.97 Å². The second-order valence-corrected chi connectivity index (χ2v) is 5.68. The van der Waals surface area contributed by atoms with Gasteiger partial charge in [0.2, 0.25) is 5.91 Å². The Morgan fingerprint density at radius 1 is 1.43 bits per heavy atom. The van der Waals surface area contributed by atoms with E-state index < -0.39 is 12.1 Å². The van der Waals surface area contributed by atoms with E-state index in [0.717, 1.165) is 0 Å². The molecule has 2 heterocycles. The summed E-state index contributed by atoms with van der Waals surface area (Å²) in [7, 11) is 3.84. The molecule has 1 aliphatic rings. The van der Waals surface area contributed by atoms with E-state index in [-0.39, 0.29) is 24.2 Å². The summed E-state index contributed by atoms with van der Waals surface area (Å²) in [5.41, 5.74) is 0.0901. The summed E-state index contributed by atoms with van der Waals surface area (Å²) in [4.78, 5) is 27.1. The molecule has 116 valence electrons. The number of hydrogen-bond acceptors (Lipinski definition) is 4. The first-order valence-electron chi connectivity index (χ1n) is 6.89. The molecule has 21 heavy (non-hydrogen) atoms. The minimum Gasteiger partial charge on any atom is -0.477 e. The van der Waals surface area contributed by atoms with Crippen LogP contribution in [0.2, 0.25) is 0 Å². The summed E-state index contributed by atoms with van der Waals surface area (Å²) in [6.45, 7) is 0.965. The standard InChI is InChI=1S/C14H21N3O4/c1-15(2)7-10-6-11(18)8-17(10)13(19)9-16-5-3-4-12(16)14(20)21/h3-5,10-11,18H,6-9H2,1-2H3,(H,20,21). The number of carboxylic acid groups (broad SMARTS) is 1. The number of nitrogens with zero attached hydrogens (tertiary/aromatic N) is 3. The fraction of sp³-hybridized carbons (Fsp3) is 0.571. The Morgan fingerprint density at radius 2 is 2.14 bits per heavy atom. The van der Waals surface area contributed by atoms with Gasteiger partial charge in [-0.05, 0) is 32.6 Å². The van der Waals surface area contributed by atoms with Crippen molar-refractivity contribution in [3.05, 3.63) is 24.0 Å². The molecule has 0 aromatic carbocycles. The largest absolute Gasteiger partial charge is 0.477 e. The van der Waals surface area contributed by atoms with Crippen LogP contribution in [-0.4, -0.2) is 75.8 Å². The van der Waals surface area contributed by atoms with Gasteiger partial charge < -0.3 is 24.6 Å². The predicted molar refractivity (Wildman–Crippen MR) is 76.1 cm³/mol. The summed E-state index contributed by atoms with van der Waals surface area (Å²) in [6.07, 6.45) is 1.62. The highest BCUT2D eigenvalue weighted by atomic mass is 16.4. The van der Waals surface area contributed by atoms with E-state index in [9.17, 15) is 14.7 Å². The van der Waals surface area contributed by atoms with Gasteiger partial charge in [-0.2, -0.15) is 0 Å². The highest BCUT2D eigenvalue weighted by Gasteiger charge is 2.34. The van der Waals surface area contributed by atoms with Crippen LogP contribution in [0.4, 0.5) is 0 Å². The van der Waals surface area contributed by atoms with Crippen molar-refractivity contribution in [2.75, 3.05) is 27.2 Å². The maximum absolute atomic E-state index is 12.4. The molecule has 1 aromatic rings. The summed E-state index contributed by atoms with van der Waals surface area (Å²) < 4.78 is 1.42. The maximum atomic E-state index is 12.4. The van der Waals surface area contributed by atoms with E-state index in [1.807, 2.05) is 19.0 Å². The van der Waals surface area contributed by atoms with Crippen molar-refractivity contribution in [1.82, 2.24) is 14.4 Å². The van der Waals surface area contributed by atoms with Crippen LogP contribution in [0.5, 0.6) is 0 Å². The van der Waals surface area contributed by atoms with Crippen molar-refractivity contribution in [3.8, 4) is 0 Å². The molecule has 7 nitrogen and oxygen atoms in total. The molecule has 1 aliphatic heterocycles. The Labute approximate surface area is 123 Å². The molecule has 0 bridgehead atoms. The van der Waals surface area contributed by atoms with E-state index in [4.69, 9.17) is 5.11 Å². The fourth-order valence-corrected chi connectivity index (χ4v) is 2.77. The van der Waals surface area contributed by atoms with Crippen LogP contribution in [0, 0.1) is 0 Å². The van der Waals surface area contributed by atoms with Gasteiger partial charge in [-0.15, -0.1) is 0 Å². The number of aliphatic hydroxyl groups is 1.